The van der Waals surface area contributed by atoms with Crippen molar-refractivity contribution in [3.05, 3.63) is 11.6 Å². The molecular weight excluding hydrogens is 126 g/mol. The van der Waals surface area contributed by atoms with Gasteiger partial charge in [0.25, 0.3) is 0 Å². The first-order valence-corrected chi connectivity index (χ1v) is 2.71. The molecule has 0 atom stereocenters. The van der Waals surface area contributed by atoms with Gasteiger partial charge in [0.15, 0.2) is 0 Å². The van der Waals surface area contributed by atoms with Crippen LogP contribution in [0.25, 0.3) is 0 Å². The summed E-state index contributed by atoms with van der Waals surface area (Å²) in [7, 11) is 0. The Hall–Kier alpha value is -0.440. The zero-order valence-electron chi connectivity index (χ0n) is 5.27. The lowest BCUT2D eigenvalue weighted by Crippen LogP contribution is -1.89. The first-order chi connectivity index (χ1) is 4.16. The van der Waals surface area contributed by atoms with Crippen molar-refractivity contribution < 1.29 is 13.9 Å². The van der Waals surface area contributed by atoms with Gasteiger partial charge in [-0.15, -0.1) is 0 Å². The normalized spacial score (nSPS) is 12.8. The average molecular weight is 136 g/mol. The van der Waals surface area contributed by atoms with E-state index in [1.807, 2.05) is 0 Å². The fourth-order valence-electron chi connectivity index (χ4n) is 0.355. The molecule has 9 heavy (non-hydrogen) atoms. The van der Waals surface area contributed by atoms with Crippen LogP contribution in [-0.2, 0) is 0 Å². The van der Waals surface area contributed by atoms with Crippen LogP contribution in [-0.4, -0.2) is 18.1 Å². The number of allylic oxidation sites excluding steroid dienone is 1. The van der Waals surface area contributed by atoms with Gasteiger partial charge >= 0.3 is 0 Å². The summed E-state index contributed by atoms with van der Waals surface area (Å²) in [6.07, 6.45) is -1.22. The van der Waals surface area contributed by atoms with Gasteiger partial charge in [-0.1, -0.05) is 11.6 Å². The van der Waals surface area contributed by atoms with Crippen molar-refractivity contribution in [3.63, 3.8) is 0 Å². The molecule has 0 saturated heterocycles. The minimum Gasteiger partial charge on any atom is -0.392 e. The topological polar surface area (TPSA) is 20.2 Å². The monoisotopic (exact) mass is 136 g/mol. The number of hydrogen-bond donors (Lipinski definition) is 1. The van der Waals surface area contributed by atoms with Crippen LogP contribution in [0.2, 0.25) is 0 Å². The van der Waals surface area contributed by atoms with Gasteiger partial charge in [-0.05, 0) is 6.92 Å². The van der Waals surface area contributed by atoms with Gasteiger partial charge in [0, 0.05) is 6.42 Å². The molecule has 0 aromatic heterocycles. The van der Waals surface area contributed by atoms with Crippen LogP contribution in [0.15, 0.2) is 11.6 Å². The lowest BCUT2D eigenvalue weighted by molar-refractivity contribution is 0.152. The summed E-state index contributed by atoms with van der Waals surface area (Å²) >= 11 is 0. The number of aliphatic hydroxyl groups is 1. The van der Waals surface area contributed by atoms with Gasteiger partial charge in [-0.3, -0.25) is 0 Å². The third kappa shape index (κ3) is 5.43. The molecule has 0 spiro atoms. The number of rotatable bonds is 3. The van der Waals surface area contributed by atoms with Crippen molar-refractivity contribution in [2.45, 2.75) is 19.8 Å². The molecule has 0 rings (SSSR count). The maximum atomic E-state index is 11.4. The van der Waals surface area contributed by atoms with E-state index in [4.69, 9.17) is 5.11 Å². The molecule has 0 aliphatic carbocycles. The predicted molar refractivity (Wildman–Crippen MR) is 31.5 cm³/mol. The minimum atomic E-state index is -2.30. The SMILES string of the molecule is C/C(=C\CC(F)F)CO. The Morgan fingerprint density at radius 2 is 2.22 bits per heavy atom. The van der Waals surface area contributed by atoms with Crippen molar-refractivity contribution in [1.82, 2.24) is 0 Å². The molecule has 3 heteroatoms. The predicted octanol–water partition coefficient (Wildman–Crippen LogP) is 1.58. The molecular formula is C6H10F2O. The standard InChI is InChI=1S/C6H10F2O/c1-5(4-9)2-3-6(7)8/h2,6,9H,3-4H2,1H3/b5-2+. The lowest BCUT2D eigenvalue weighted by atomic mass is 10.2. The third-order valence-electron chi connectivity index (χ3n) is 0.894. The van der Waals surface area contributed by atoms with E-state index in [9.17, 15) is 8.78 Å². The number of alkyl halides is 2. The van der Waals surface area contributed by atoms with Crippen LogP contribution in [0.5, 0.6) is 0 Å². The van der Waals surface area contributed by atoms with Crippen molar-refractivity contribution in [1.29, 1.82) is 0 Å². The van der Waals surface area contributed by atoms with Crippen LogP contribution in [0.4, 0.5) is 8.78 Å². The second-order valence-corrected chi connectivity index (χ2v) is 1.84. The largest absolute Gasteiger partial charge is 0.392 e. The molecule has 0 radical (unpaired) electrons. The summed E-state index contributed by atoms with van der Waals surface area (Å²) < 4.78 is 22.8. The Morgan fingerprint density at radius 3 is 2.56 bits per heavy atom. The molecule has 0 saturated carbocycles. The average Bonchev–Trinajstić information content (AvgIpc) is 1.83. The second kappa shape index (κ2) is 4.44. The first kappa shape index (κ1) is 8.56. The van der Waals surface area contributed by atoms with Crippen LogP contribution in [0.1, 0.15) is 13.3 Å². The molecule has 0 heterocycles. The molecule has 0 bridgehead atoms. The Bertz CT molecular complexity index is 99.2. The number of aliphatic hydroxyl groups excluding tert-OH is 1. The lowest BCUT2D eigenvalue weighted by Gasteiger charge is -1.93. The van der Waals surface area contributed by atoms with Gasteiger partial charge in [-0.2, -0.15) is 0 Å². The molecule has 0 fully saturated rings. The quantitative estimate of drug-likeness (QED) is 0.584. The molecule has 0 amide bonds. The number of halogens is 2. The van der Waals surface area contributed by atoms with Crippen molar-refractivity contribution in [2.24, 2.45) is 0 Å². The highest BCUT2D eigenvalue weighted by Crippen LogP contribution is 2.02. The maximum absolute atomic E-state index is 11.4. The van der Waals surface area contributed by atoms with E-state index in [0.717, 1.165) is 0 Å². The zero-order chi connectivity index (χ0) is 7.28. The molecule has 0 aliphatic rings. The van der Waals surface area contributed by atoms with E-state index in [1.165, 1.54) is 6.08 Å². The summed E-state index contributed by atoms with van der Waals surface area (Å²) in [6, 6.07) is 0. The van der Waals surface area contributed by atoms with E-state index in [1.54, 1.807) is 6.92 Å². The Morgan fingerprint density at radius 1 is 1.67 bits per heavy atom. The van der Waals surface area contributed by atoms with E-state index in [0.29, 0.717) is 5.57 Å². The molecule has 0 unspecified atom stereocenters. The van der Waals surface area contributed by atoms with Gasteiger partial charge in [0.1, 0.15) is 0 Å². The summed E-state index contributed by atoms with van der Waals surface area (Å²) in [5.74, 6) is 0. The summed E-state index contributed by atoms with van der Waals surface area (Å²) in [4.78, 5) is 0. The number of hydrogen-bond acceptors (Lipinski definition) is 1. The van der Waals surface area contributed by atoms with Crippen LogP contribution in [0.3, 0.4) is 0 Å². The van der Waals surface area contributed by atoms with Crippen molar-refractivity contribution in [3.8, 4) is 0 Å². The Balaban J connectivity index is 3.43. The van der Waals surface area contributed by atoms with Gasteiger partial charge < -0.3 is 5.11 Å². The Labute approximate surface area is 53.0 Å². The highest BCUT2D eigenvalue weighted by Gasteiger charge is 1.97. The van der Waals surface area contributed by atoms with Crippen molar-refractivity contribution in [2.75, 3.05) is 6.61 Å². The fraction of sp³-hybridized carbons (Fsp3) is 0.667. The smallest absolute Gasteiger partial charge is 0.242 e. The summed E-state index contributed by atoms with van der Waals surface area (Å²) in [5.41, 5.74) is 0.593. The van der Waals surface area contributed by atoms with Gasteiger partial charge in [0.2, 0.25) is 6.43 Å². The highest BCUT2D eigenvalue weighted by molar-refractivity contribution is 4.97. The van der Waals surface area contributed by atoms with Crippen LogP contribution in [0, 0.1) is 0 Å². The fourth-order valence-corrected chi connectivity index (χ4v) is 0.355. The van der Waals surface area contributed by atoms with Gasteiger partial charge in [-0.25, -0.2) is 8.78 Å². The Kier molecular flexibility index (Phi) is 4.22. The zero-order valence-corrected chi connectivity index (χ0v) is 5.27. The van der Waals surface area contributed by atoms with Gasteiger partial charge in [0.05, 0.1) is 6.61 Å². The molecule has 54 valence electrons. The van der Waals surface area contributed by atoms with Crippen LogP contribution >= 0.6 is 0 Å². The van der Waals surface area contributed by atoms with E-state index in [2.05, 4.69) is 0 Å². The molecule has 0 aromatic carbocycles. The first-order valence-electron chi connectivity index (χ1n) is 2.71. The van der Waals surface area contributed by atoms with E-state index < -0.39 is 6.43 Å². The molecule has 1 nitrogen and oxygen atoms in total. The van der Waals surface area contributed by atoms with Crippen molar-refractivity contribution >= 4 is 0 Å². The molecule has 0 aliphatic heterocycles. The minimum absolute atomic E-state index is 0.132. The third-order valence-corrected chi connectivity index (χ3v) is 0.894. The van der Waals surface area contributed by atoms with E-state index in [-0.39, 0.29) is 13.0 Å². The van der Waals surface area contributed by atoms with Crippen LogP contribution < -0.4 is 0 Å². The maximum Gasteiger partial charge on any atom is 0.242 e. The second-order valence-electron chi connectivity index (χ2n) is 1.84. The van der Waals surface area contributed by atoms with E-state index >= 15 is 0 Å². The molecule has 1 N–H and O–H groups in total. The summed E-state index contributed by atoms with van der Waals surface area (Å²) in [5, 5.41) is 8.33. The highest BCUT2D eigenvalue weighted by atomic mass is 19.3. The summed E-state index contributed by atoms with van der Waals surface area (Å²) in [6.45, 7) is 1.48. The molecule has 0 aromatic rings.